The molecule has 5 heteroatoms. The summed E-state index contributed by atoms with van der Waals surface area (Å²) in [5.41, 5.74) is -0.0936. The van der Waals surface area contributed by atoms with Gasteiger partial charge in [-0.05, 0) is 36.4 Å². The SMILES string of the molecule is O=c1oc(=O)c2cc(Oc3ccccc3)c3c4ccccc4oc4ccc1c2c43. The predicted molar refractivity (Wildman–Crippen MR) is 111 cm³/mol. The van der Waals surface area contributed by atoms with Crippen LogP contribution in [-0.2, 0) is 0 Å². The topological polar surface area (TPSA) is 69.7 Å². The standard InChI is InChI=1S/C24H12O5/c25-23-15-10-11-18-22-20(15)16(24(26)29-23)12-19(27-13-6-2-1-3-7-13)21(22)14-8-4-5-9-17(14)28-18/h1-12H. The highest BCUT2D eigenvalue weighted by molar-refractivity contribution is 6.28. The minimum absolute atomic E-state index is 0.286. The quantitative estimate of drug-likeness (QED) is 0.296. The van der Waals surface area contributed by atoms with Crippen molar-refractivity contribution in [1.82, 2.24) is 0 Å². The van der Waals surface area contributed by atoms with Gasteiger partial charge in [-0.3, -0.25) is 0 Å². The number of fused-ring (bicyclic) bond motifs is 2. The van der Waals surface area contributed by atoms with E-state index >= 15 is 0 Å². The van der Waals surface area contributed by atoms with Crippen LogP contribution in [0.1, 0.15) is 0 Å². The van der Waals surface area contributed by atoms with Gasteiger partial charge in [0.05, 0.1) is 10.8 Å². The molecule has 0 aliphatic heterocycles. The lowest BCUT2D eigenvalue weighted by molar-refractivity contribution is 0.482. The number of hydrogen-bond donors (Lipinski definition) is 0. The molecule has 4 aromatic carbocycles. The minimum atomic E-state index is -0.692. The first kappa shape index (κ1) is 15.9. The van der Waals surface area contributed by atoms with E-state index in [1.165, 1.54) is 0 Å². The van der Waals surface area contributed by atoms with Crippen LogP contribution in [0.3, 0.4) is 0 Å². The summed E-state index contributed by atoms with van der Waals surface area (Å²) >= 11 is 0. The first-order valence-corrected chi connectivity index (χ1v) is 9.11. The molecule has 0 aliphatic carbocycles. The molecule has 6 rings (SSSR count). The fraction of sp³-hybridized carbons (Fsp3) is 0. The van der Waals surface area contributed by atoms with Gasteiger partial charge in [-0.25, -0.2) is 9.59 Å². The van der Waals surface area contributed by atoms with E-state index < -0.39 is 11.3 Å². The smallest absolute Gasteiger partial charge is 0.346 e. The number of hydrogen-bond acceptors (Lipinski definition) is 5. The van der Waals surface area contributed by atoms with Gasteiger partial charge >= 0.3 is 11.3 Å². The van der Waals surface area contributed by atoms with E-state index in [1.807, 2.05) is 54.6 Å². The zero-order valence-corrected chi connectivity index (χ0v) is 15.0. The van der Waals surface area contributed by atoms with Crippen LogP contribution in [0.5, 0.6) is 11.5 Å². The Kier molecular flexibility index (Phi) is 3.12. The molecule has 0 aliphatic rings. The van der Waals surface area contributed by atoms with Crippen molar-refractivity contribution in [2.75, 3.05) is 0 Å². The van der Waals surface area contributed by atoms with Crippen molar-refractivity contribution in [2.24, 2.45) is 0 Å². The van der Waals surface area contributed by atoms with Gasteiger partial charge < -0.3 is 13.6 Å². The summed E-state index contributed by atoms with van der Waals surface area (Å²) < 4.78 is 17.2. The molecule has 0 fully saturated rings. The normalized spacial score (nSPS) is 11.7. The van der Waals surface area contributed by atoms with Crippen LogP contribution in [-0.4, -0.2) is 0 Å². The van der Waals surface area contributed by atoms with Gasteiger partial charge in [0.25, 0.3) is 0 Å². The van der Waals surface area contributed by atoms with Gasteiger partial charge in [0, 0.05) is 21.5 Å². The Hall–Kier alpha value is -4.12. The Morgan fingerprint density at radius 2 is 1.34 bits per heavy atom. The van der Waals surface area contributed by atoms with Crippen LogP contribution in [0, 0.1) is 0 Å². The third-order valence-corrected chi connectivity index (χ3v) is 5.18. The summed E-state index contributed by atoms with van der Waals surface area (Å²) in [7, 11) is 0. The van der Waals surface area contributed by atoms with Gasteiger partial charge in [-0.2, -0.15) is 0 Å². The van der Waals surface area contributed by atoms with Crippen LogP contribution < -0.4 is 16.0 Å². The summed E-state index contributed by atoms with van der Waals surface area (Å²) in [6.45, 7) is 0. The molecule has 0 N–H and O–H groups in total. The highest BCUT2D eigenvalue weighted by Gasteiger charge is 2.21. The third kappa shape index (κ3) is 2.21. The van der Waals surface area contributed by atoms with Crippen molar-refractivity contribution in [3.63, 3.8) is 0 Å². The molecular weight excluding hydrogens is 368 g/mol. The molecule has 2 heterocycles. The molecule has 5 nitrogen and oxygen atoms in total. The minimum Gasteiger partial charge on any atom is -0.457 e. The average Bonchev–Trinajstić information content (AvgIpc) is 2.74. The second-order valence-electron chi connectivity index (χ2n) is 6.85. The third-order valence-electron chi connectivity index (χ3n) is 5.18. The van der Waals surface area contributed by atoms with Gasteiger partial charge in [-0.15, -0.1) is 0 Å². The van der Waals surface area contributed by atoms with Crippen LogP contribution in [0.15, 0.2) is 91.2 Å². The maximum atomic E-state index is 12.5. The largest absolute Gasteiger partial charge is 0.457 e. The second-order valence-corrected chi connectivity index (χ2v) is 6.85. The molecule has 0 spiro atoms. The Labute approximate surface area is 162 Å². The fourth-order valence-corrected chi connectivity index (χ4v) is 3.96. The average molecular weight is 380 g/mol. The lowest BCUT2D eigenvalue weighted by Gasteiger charge is -2.15. The summed E-state index contributed by atoms with van der Waals surface area (Å²) in [6.07, 6.45) is 0. The fourth-order valence-electron chi connectivity index (χ4n) is 3.96. The van der Waals surface area contributed by atoms with Crippen LogP contribution in [0.2, 0.25) is 0 Å². The second kappa shape index (κ2) is 5.69. The Morgan fingerprint density at radius 1 is 0.586 bits per heavy atom. The highest BCUT2D eigenvalue weighted by Crippen LogP contribution is 2.43. The molecule has 0 bridgehead atoms. The molecule has 0 unspecified atom stereocenters. The molecule has 0 radical (unpaired) electrons. The van der Waals surface area contributed by atoms with Gasteiger partial charge in [-0.1, -0.05) is 36.4 Å². The van der Waals surface area contributed by atoms with Crippen molar-refractivity contribution in [3.05, 3.63) is 93.6 Å². The van der Waals surface area contributed by atoms with E-state index in [-0.39, 0.29) is 5.39 Å². The van der Waals surface area contributed by atoms with E-state index in [0.29, 0.717) is 38.8 Å². The zero-order valence-electron chi connectivity index (χ0n) is 15.0. The lowest BCUT2D eigenvalue weighted by atomic mass is 9.96. The van der Waals surface area contributed by atoms with E-state index in [0.717, 1.165) is 10.8 Å². The van der Waals surface area contributed by atoms with Crippen molar-refractivity contribution >= 4 is 43.5 Å². The Balaban J connectivity index is 1.89. The number of rotatable bonds is 2. The molecule has 0 saturated heterocycles. The molecule has 0 atom stereocenters. The monoisotopic (exact) mass is 380 g/mol. The van der Waals surface area contributed by atoms with Crippen molar-refractivity contribution < 1.29 is 13.6 Å². The van der Waals surface area contributed by atoms with Crippen molar-refractivity contribution in [2.45, 2.75) is 0 Å². The number of ether oxygens (including phenoxy) is 1. The highest BCUT2D eigenvalue weighted by atomic mass is 16.5. The van der Waals surface area contributed by atoms with E-state index in [1.54, 1.807) is 18.2 Å². The molecule has 6 aromatic rings. The first-order chi connectivity index (χ1) is 14.2. The van der Waals surface area contributed by atoms with Crippen molar-refractivity contribution in [3.8, 4) is 11.5 Å². The summed E-state index contributed by atoms with van der Waals surface area (Å²) in [4.78, 5) is 24.8. The molecule has 0 amide bonds. The van der Waals surface area contributed by atoms with E-state index in [2.05, 4.69) is 0 Å². The summed E-state index contributed by atoms with van der Waals surface area (Å²) in [5, 5.41) is 3.46. The van der Waals surface area contributed by atoms with E-state index in [4.69, 9.17) is 13.6 Å². The maximum absolute atomic E-state index is 12.5. The molecule has 29 heavy (non-hydrogen) atoms. The Morgan fingerprint density at radius 3 is 2.21 bits per heavy atom. The van der Waals surface area contributed by atoms with Crippen molar-refractivity contribution in [1.29, 1.82) is 0 Å². The van der Waals surface area contributed by atoms with Gasteiger partial charge in [0.2, 0.25) is 0 Å². The predicted octanol–water partition coefficient (Wildman–Crippen LogP) is 5.44. The maximum Gasteiger partial charge on any atom is 0.346 e. The zero-order chi connectivity index (χ0) is 19.5. The van der Waals surface area contributed by atoms with Crippen LogP contribution in [0.4, 0.5) is 0 Å². The van der Waals surface area contributed by atoms with Gasteiger partial charge in [0.1, 0.15) is 22.7 Å². The molecule has 2 aromatic heterocycles. The molecular formula is C24H12O5. The number of para-hydroxylation sites is 2. The van der Waals surface area contributed by atoms with E-state index in [9.17, 15) is 9.59 Å². The van der Waals surface area contributed by atoms with Crippen LogP contribution in [0.25, 0.3) is 43.5 Å². The Bertz CT molecular complexity index is 1660. The molecule has 138 valence electrons. The lowest BCUT2D eigenvalue weighted by Crippen LogP contribution is -2.12. The van der Waals surface area contributed by atoms with Crippen LogP contribution >= 0.6 is 0 Å². The summed E-state index contributed by atoms with van der Waals surface area (Å²) in [6, 6.07) is 22.0. The first-order valence-electron chi connectivity index (χ1n) is 9.11. The van der Waals surface area contributed by atoms with Gasteiger partial charge in [0.15, 0.2) is 0 Å². The summed E-state index contributed by atoms with van der Waals surface area (Å²) in [5.74, 6) is 1.14. The number of benzene rings is 4. The molecule has 0 saturated carbocycles.